The van der Waals surface area contributed by atoms with Crippen molar-refractivity contribution in [2.45, 2.75) is 11.4 Å². The Bertz CT molecular complexity index is 1180. The van der Waals surface area contributed by atoms with Crippen molar-refractivity contribution in [2.24, 2.45) is 7.05 Å². The Morgan fingerprint density at radius 3 is 2.47 bits per heavy atom. The summed E-state index contributed by atoms with van der Waals surface area (Å²) in [5, 5.41) is 0. The number of hydrogen-bond donors (Lipinski definition) is 0. The molecule has 2 aromatic carbocycles. The summed E-state index contributed by atoms with van der Waals surface area (Å²) >= 11 is 0. The second-order valence-corrected chi connectivity index (χ2v) is 9.50. The van der Waals surface area contributed by atoms with Crippen molar-refractivity contribution in [3.8, 4) is 11.5 Å². The summed E-state index contributed by atoms with van der Waals surface area (Å²) < 4.78 is 40.9. The molecule has 3 aromatic rings. The van der Waals surface area contributed by atoms with Crippen LogP contribution in [0, 0.1) is 0 Å². The molecule has 0 unspecified atom stereocenters. The molecule has 0 spiro atoms. The van der Waals surface area contributed by atoms with Gasteiger partial charge in [-0.2, -0.15) is 4.31 Å². The van der Waals surface area contributed by atoms with Gasteiger partial charge in [0.25, 0.3) is 0 Å². The van der Waals surface area contributed by atoms with Crippen LogP contribution < -0.4 is 9.47 Å². The molecule has 30 heavy (non-hydrogen) atoms. The number of sulfonamides is 1. The van der Waals surface area contributed by atoms with E-state index in [9.17, 15) is 8.42 Å². The van der Waals surface area contributed by atoms with Crippen LogP contribution in [0.5, 0.6) is 11.5 Å². The molecule has 0 saturated carbocycles. The number of piperazine rings is 1. The van der Waals surface area contributed by atoms with E-state index in [1.165, 1.54) is 0 Å². The van der Waals surface area contributed by atoms with Crippen molar-refractivity contribution in [2.75, 3.05) is 39.4 Å². The van der Waals surface area contributed by atoms with Gasteiger partial charge in [0, 0.05) is 39.3 Å². The third kappa shape index (κ3) is 3.42. The highest BCUT2D eigenvalue weighted by molar-refractivity contribution is 7.89. The first kappa shape index (κ1) is 19.3. The highest BCUT2D eigenvalue weighted by Gasteiger charge is 2.30. The van der Waals surface area contributed by atoms with Crippen LogP contribution in [0.1, 0.15) is 5.82 Å². The van der Waals surface area contributed by atoms with E-state index in [1.807, 2.05) is 25.2 Å². The summed E-state index contributed by atoms with van der Waals surface area (Å²) in [6.45, 7) is 3.81. The molecule has 1 aromatic heterocycles. The van der Waals surface area contributed by atoms with E-state index in [0.717, 1.165) is 16.9 Å². The largest absolute Gasteiger partial charge is 0.486 e. The lowest BCUT2D eigenvalue weighted by Crippen LogP contribution is -2.48. The van der Waals surface area contributed by atoms with Crippen LogP contribution in [0.3, 0.4) is 0 Å². The van der Waals surface area contributed by atoms with Gasteiger partial charge in [-0.3, -0.25) is 4.90 Å². The summed E-state index contributed by atoms with van der Waals surface area (Å²) in [7, 11) is -1.55. The number of rotatable bonds is 4. The minimum atomic E-state index is -3.57. The van der Waals surface area contributed by atoms with Crippen molar-refractivity contribution in [3.05, 3.63) is 48.3 Å². The SMILES string of the molecule is Cn1c(CN2CCN(S(=O)(=O)c3ccc4c(c3)OCCO4)CC2)nc2ccccc21. The molecule has 8 nitrogen and oxygen atoms in total. The van der Waals surface area contributed by atoms with Gasteiger partial charge in [0.05, 0.1) is 22.5 Å². The number of benzene rings is 2. The Hall–Kier alpha value is -2.62. The number of aromatic nitrogens is 2. The Labute approximate surface area is 175 Å². The van der Waals surface area contributed by atoms with E-state index in [4.69, 9.17) is 14.5 Å². The number of ether oxygens (including phenoxy) is 2. The Kier molecular flexibility index (Phi) is 4.88. The van der Waals surface area contributed by atoms with Gasteiger partial charge in [-0.05, 0) is 24.3 Å². The monoisotopic (exact) mass is 428 g/mol. The third-order valence-electron chi connectivity index (χ3n) is 5.73. The topological polar surface area (TPSA) is 76.9 Å². The van der Waals surface area contributed by atoms with Crippen LogP contribution in [0.25, 0.3) is 11.0 Å². The van der Waals surface area contributed by atoms with Crippen molar-refractivity contribution in [1.82, 2.24) is 18.8 Å². The van der Waals surface area contributed by atoms with Crippen LogP contribution in [-0.4, -0.2) is 66.6 Å². The minimum Gasteiger partial charge on any atom is -0.486 e. The molecule has 3 heterocycles. The first-order valence-electron chi connectivity index (χ1n) is 10.0. The number of para-hydroxylation sites is 2. The van der Waals surface area contributed by atoms with Gasteiger partial charge >= 0.3 is 0 Å². The lowest BCUT2D eigenvalue weighted by molar-refractivity contribution is 0.170. The van der Waals surface area contributed by atoms with Crippen molar-refractivity contribution in [1.29, 1.82) is 0 Å². The number of hydrogen-bond acceptors (Lipinski definition) is 6. The molecule has 0 aliphatic carbocycles. The Balaban J connectivity index is 1.27. The van der Waals surface area contributed by atoms with Crippen LogP contribution in [-0.2, 0) is 23.6 Å². The van der Waals surface area contributed by atoms with Gasteiger partial charge in [-0.15, -0.1) is 0 Å². The van der Waals surface area contributed by atoms with E-state index in [-0.39, 0.29) is 4.90 Å². The highest BCUT2D eigenvalue weighted by atomic mass is 32.2. The molecule has 0 amide bonds. The second kappa shape index (κ2) is 7.57. The summed E-state index contributed by atoms with van der Waals surface area (Å²) in [4.78, 5) is 7.22. The molecule has 5 rings (SSSR count). The van der Waals surface area contributed by atoms with E-state index in [1.54, 1.807) is 22.5 Å². The lowest BCUT2D eigenvalue weighted by atomic mass is 10.3. The fourth-order valence-electron chi connectivity index (χ4n) is 4.00. The van der Waals surface area contributed by atoms with Gasteiger partial charge in [-0.1, -0.05) is 12.1 Å². The maximum atomic E-state index is 13.1. The third-order valence-corrected chi connectivity index (χ3v) is 7.62. The van der Waals surface area contributed by atoms with Gasteiger partial charge in [0.1, 0.15) is 19.0 Å². The van der Waals surface area contributed by atoms with Gasteiger partial charge in [0.2, 0.25) is 10.0 Å². The standard InChI is InChI=1S/C21H24N4O4S/c1-23-18-5-3-2-4-17(18)22-21(23)15-24-8-10-25(11-9-24)30(26,27)16-6-7-19-20(14-16)29-13-12-28-19/h2-7,14H,8-13,15H2,1H3. The molecule has 0 atom stereocenters. The van der Waals surface area contributed by atoms with Crippen LogP contribution in [0.15, 0.2) is 47.4 Å². The average molecular weight is 429 g/mol. The lowest BCUT2D eigenvalue weighted by Gasteiger charge is -2.33. The highest BCUT2D eigenvalue weighted by Crippen LogP contribution is 2.33. The predicted molar refractivity (Wildman–Crippen MR) is 112 cm³/mol. The number of nitrogens with zero attached hydrogens (tertiary/aromatic N) is 4. The molecule has 0 radical (unpaired) electrons. The molecule has 1 fully saturated rings. The molecule has 0 N–H and O–H groups in total. The minimum absolute atomic E-state index is 0.246. The van der Waals surface area contributed by atoms with E-state index >= 15 is 0 Å². The fourth-order valence-corrected chi connectivity index (χ4v) is 5.44. The molecule has 2 aliphatic heterocycles. The van der Waals surface area contributed by atoms with Crippen LogP contribution >= 0.6 is 0 Å². The van der Waals surface area contributed by atoms with E-state index in [0.29, 0.717) is 57.4 Å². The Morgan fingerprint density at radius 2 is 1.70 bits per heavy atom. The maximum absolute atomic E-state index is 13.1. The molecule has 0 bridgehead atoms. The van der Waals surface area contributed by atoms with Crippen molar-refractivity contribution in [3.63, 3.8) is 0 Å². The number of fused-ring (bicyclic) bond motifs is 2. The molecular weight excluding hydrogens is 404 g/mol. The summed E-state index contributed by atoms with van der Waals surface area (Å²) in [5.74, 6) is 2.06. The molecule has 2 aliphatic rings. The number of aryl methyl sites for hydroxylation is 1. The summed E-state index contributed by atoms with van der Waals surface area (Å²) in [6.07, 6.45) is 0. The van der Waals surface area contributed by atoms with Gasteiger partial charge < -0.3 is 14.0 Å². The van der Waals surface area contributed by atoms with Gasteiger partial charge in [-0.25, -0.2) is 13.4 Å². The predicted octanol–water partition coefficient (Wildman–Crippen LogP) is 1.85. The quantitative estimate of drug-likeness (QED) is 0.631. The van der Waals surface area contributed by atoms with Gasteiger partial charge in [0.15, 0.2) is 11.5 Å². The van der Waals surface area contributed by atoms with E-state index < -0.39 is 10.0 Å². The molecule has 158 valence electrons. The smallest absolute Gasteiger partial charge is 0.243 e. The first-order valence-corrected chi connectivity index (χ1v) is 11.5. The second-order valence-electron chi connectivity index (χ2n) is 7.56. The zero-order chi connectivity index (χ0) is 20.7. The summed E-state index contributed by atoms with van der Waals surface area (Å²) in [6, 6.07) is 12.9. The molecule has 9 heteroatoms. The van der Waals surface area contributed by atoms with Crippen LogP contribution in [0.4, 0.5) is 0 Å². The molecular formula is C21H24N4O4S. The fraction of sp³-hybridized carbons (Fsp3) is 0.381. The summed E-state index contributed by atoms with van der Waals surface area (Å²) in [5.41, 5.74) is 2.09. The normalized spacial score (nSPS) is 18.0. The number of imidazole rings is 1. The first-order chi connectivity index (χ1) is 14.5. The zero-order valence-electron chi connectivity index (χ0n) is 16.8. The van der Waals surface area contributed by atoms with E-state index in [2.05, 4.69) is 15.5 Å². The van der Waals surface area contributed by atoms with Crippen molar-refractivity contribution >= 4 is 21.1 Å². The van der Waals surface area contributed by atoms with Crippen LogP contribution in [0.2, 0.25) is 0 Å². The maximum Gasteiger partial charge on any atom is 0.243 e. The zero-order valence-corrected chi connectivity index (χ0v) is 17.6. The Morgan fingerprint density at radius 1 is 0.967 bits per heavy atom. The average Bonchev–Trinajstić information content (AvgIpc) is 3.09. The van der Waals surface area contributed by atoms with Crippen molar-refractivity contribution < 1.29 is 17.9 Å². The molecule has 1 saturated heterocycles.